The van der Waals surface area contributed by atoms with Crippen LogP contribution in [0.25, 0.3) is 0 Å². The lowest BCUT2D eigenvalue weighted by atomic mass is 10.0. The largest absolute Gasteiger partial charge is 0.299 e. The first-order valence-corrected chi connectivity index (χ1v) is 3.39. The first-order chi connectivity index (χ1) is 4.24. The molecule has 0 aromatic heterocycles. The van der Waals surface area contributed by atoms with Crippen LogP contribution in [0.1, 0.15) is 20.3 Å². The van der Waals surface area contributed by atoms with Gasteiger partial charge in [0.25, 0.3) is 0 Å². The van der Waals surface area contributed by atoms with Gasteiger partial charge in [-0.15, -0.1) is 0 Å². The Morgan fingerprint density at radius 3 is 2.44 bits per heavy atom. The molecule has 0 saturated carbocycles. The van der Waals surface area contributed by atoms with Crippen LogP contribution in [0.4, 0.5) is 0 Å². The average molecular weight is 124 g/mol. The highest BCUT2D eigenvalue weighted by Crippen LogP contribution is 2.18. The third-order valence-corrected chi connectivity index (χ3v) is 2.08. The molecular weight excluding hydrogens is 112 g/mol. The molecule has 50 valence electrons. The molecule has 1 fully saturated rings. The van der Waals surface area contributed by atoms with Crippen LogP contribution < -0.4 is 5.32 Å². The standard InChI is InChI=1S/C7H12N2/c1-5-3-7(4-8)9-6(5)2/h5-7,9H,3H2,1-2H3/t5-,6-,7-/m0/s1. The molecule has 1 rings (SSSR count). The minimum atomic E-state index is 0.106. The minimum Gasteiger partial charge on any atom is -0.299 e. The quantitative estimate of drug-likeness (QED) is 0.520. The molecule has 0 radical (unpaired) electrons. The average Bonchev–Trinajstić information content (AvgIpc) is 2.13. The second-order valence-corrected chi connectivity index (χ2v) is 2.85. The zero-order chi connectivity index (χ0) is 6.85. The summed E-state index contributed by atoms with van der Waals surface area (Å²) in [5.41, 5.74) is 0. The van der Waals surface area contributed by atoms with E-state index in [9.17, 15) is 0 Å². The summed E-state index contributed by atoms with van der Waals surface area (Å²) in [7, 11) is 0. The molecule has 0 amide bonds. The molecule has 1 aliphatic heterocycles. The molecule has 0 aliphatic carbocycles. The molecule has 2 nitrogen and oxygen atoms in total. The monoisotopic (exact) mass is 124 g/mol. The van der Waals surface area contributed by atoms with Gasteiger partial charge in [0, 0.05) is 6.04 Å². The third-order valence-electron chi connectivity index (χ3n) is 2.08. The fourth-order valence-corrected chi connectivity index (χ4v) is 1.22. The van der Waals surface area contributed by atoms with Crippen molar-refractivity contribution in [3.05, 3.63) is 0 Å². The number of nitriles is 1. The van der Waals surface area contributed by atoms with Gasteiger partial charge in [0.05, 0.1) is 12.1 Å². The minimum absolute atomic E-state index is 0.106. The Kier molecular flexibility index (Phi) is 1.73. The van der Waals surface area contributed by atoms with Crippen LogP contribution in [-0.2, 0) is 0 Å². The van der Waals surface area contributed by atoms with Crippen LogP contribution in [0.3, 0.4) is 0 Å². The van der Waals surface area contributed by atoms with Crippen molar-refractivity contribution in [2.45, 2.75) is 32.4 Å². The number of hydrogen-bond donors (Lipinski definition) is 1. The van der Waals surface area contributed by atoms with Crippen molar-refractivity contribution < 1.29 is 0 Å². The summed E-state index contributed by atoms with van der Waals surface area (Å²) in [6.45, 7) is 4.30. The normalized spacial score (nSPS) is 42.6. The van der Waals surface area contributed by atoms with E-state index in [1.165, 1.54) is 0 Å². The van der Waals surface area contributed by atoms with Crippen LogP contribution >= 0.6 is 0 Å². The van der Waals surface area contributed by atoms with Gasteiger partial charge in [0.2, 0.25) is 0 Å². The van der Waals surface area contributed by atoms with Gasteiger partial charge in [-0.3, -0.25) is 5.32 Å². The van der Waals surface area contributed by atoms with Crippen LogP contribution in [0, 0.1) is 17.2 Å². The molecule has 0 unspecified atom stereocenters. The van der Waals surface area contributed by atoms with Crippen LogP contribution in [0.5, 0.6) is 0 Å². The summed E-state index contributed by atoms with van der Waals surface area (Å²) in [5, 5.41) is 11.7. The Morgan fingerprint density at radius 2 is 2.22 bits per heavy atom. The lowest BCUT2D eigenvalue weighted by Gasteiger charge is -2.05. The van der Waals surface area contributed by atoms with Crippen LogP contribution in [-0.4, -0.2) is 12.1 Å². The highest BCUT2D eigenvalue weighted by Gasteiger charge is 2.26. The van der Waals surface area contributed by atoms with Crippen LogP contribution in [0.2, 0.25) is 0 Å². The van der Waals surface area contributed by atoms with E-state index in [2.05, 4.69) is 25.2 Å². The highest BCUT2D eigenvalue weighted by atomic mass is 15.0. The van der Waals surface area contributed by atoms with E-state index in [4.69, 9.17) is 5.26 Å². The molecule has 1 heterocycles. The first kappa shape index (κ1) is 6.57. The van der Waals surface area contributed by atoms with E-state index in [1.54, 1.807) is 0 Å². The van der Waals surface area contributed by atoms with Gasteiger partial charge in [0.1, 0.15) is 0 Å². The maximum absolute atomic E-state index is 8.49. The molecule has 1 aliphatic rings. The fourth-order valence-electron chi connectivity index (χ4n) is 1.22. The molecule has 1 saturated heterocycles. The topological polar surface area (TPSA) is 35.8 Å². The maximum atomic E-state index is 8.49. The number of nitrogens with zero attached hydrogens (tertiary/aromatic N) is 1. The molecule has 0 aromatic carbocycles. The van der Waals surface area contributed by atoms with Crippen molar-refractivity contribution in [3.8, 4) is 6.07 Å². The van der Waals surface area contributed by atoms with E-state index in [-0.39, 0.29) is 6.04 Å². The summed E-state index contributed by atoms with van der Waals surface area (Å²) in [6, 6.07) is 2.84. The molecular formula is C7H12N2. The van der Waals surface area contributed by atoms with Crippen molar-refractivity contribution in [1.82, 2.24) is 5.32 Å². The molecule has 9 heavy (non-hydrogen) atoms. The van der Waals surface area contributed by atoms with Crippen molar-refractivity contribution in [2.24, 2.45) is 5.92 Å². The van der Waals surface area contributed by atoms with E-state index >= 15 is 0 Å². The van der Waals surface area contributed by atoms with Gasteiger partial charge in [-0.05, 0) is 19.3 Å². The molecule has 0 spiro atoms. The number of rotatable bonds is 0. The zero-order valence-electron chi connectivity index (χ0n) is 5.89. The Morgan fingerprint density at radius 1 is 1.56 bits per heavy atom. The SMILES string of the molecule is C[C@@H]1N[C@H](C#N)C[C@@H]1C. The second-order valence-electron chi connectivity index (χ2n) is 2.85. The predicted molar refractivity (Wildman–Crippen MR) is 35.8 cm³/mol. The summed E-state index contributed by atoms with van der Waals surface area (Å²) in [4.78, 5) is 0. The van der Waals surface area contributed by atoms with E-state index in [0.29, 0.717) is 12.0 Å². The number of nitrogens with one attached hydrogen (secondary N) is 1. The van der Waals surface area contributed by atoms with Gasteiger partial charge < -0.3 is 0 Å². The van der Waals surface area contributed by atoms with E-state index < -0.39 is 0 Å². The smallest absolute Gasteiger partial charge is 0.0958 e. The lowest BCUT2D eigenvalue weighted by Crippen LogP contribution is -2.26. The van der Waals surface area contributed by atoms with E-state index in [0.717, 1.165) is 6.42 Å². The van der Waals surface area contributed by atoms with Crippen molar-refractivity contribution >= 4 is 0 Å². The van der Waals surface area contributed by atoms with Gasteiger partial charge >= 0.3 is 0 Å². The molecule has 3 atom stereocenters. The van der Waals surface area contributed by atoms with Gasteiger partial charge in [0.15, 0.2) is 0 Å². The summed E-state index contributed by atoms with van der Waals surface area (Å²) in [6.07, 6.45) is 1.01. The summed E-state index contributed by atoms with van der Waals surface area (Å²) in [5.74, 6) is 0.662. The second kappa shape index (κ2) is 2.36. The van der Waals surface area contributed by atoms with Crippen LogP contribution in [0.15, 0.2) is 0 Å². The molecule has 0 aromatic rings. The summed E-state index contributed by atoms with van der Waals surface area (Å²) < 4.78 is 0. The van der Waals surface area contributed by atoms with Crippen molar-refractivity contribution in [1.29, 1.82) is 5.26 Å². The lowest BCUT2D eigenvalue weighted by molar-refractivity contribution is 0.518. The summed E-state index contributed by atoms with van der Waals surface area (Å²) >= 11 is 0. The maximum Gasteiger partial charge on any atom is 0.0958 e. The van der Waals surface area contributed by atoms with Gasteiger partial charge in [-0.1, -0.05) is 6.92 Å². The number of hydrogen-bond acceptors (Lipinski definition) is 2. The molecule has 2 heteroatoms. The Labute approximate surface area is 55.9 Å². The Bertz CT molecular complexity index is 126. The fraction of sp³-hybridized carbons (Fsp3) is 0.857. The van der Waals surface area contributed by atoms with Gasteiger partial charge in [-0.25, -0.2) is 0 Å². The Balaban J connectivity index is 2.46. The zero-order valence-corrected chi connectivity index (χ0v) is 5.89. The van der Waals surface area contributed by atoms with Crippen molar-refractivity contribution in [3.63, 3.8) is 0 Å². The third kappa shape index (κ3) is 1.22. The van der Waals surface area contributed by atoms with Gasteiger partial charge in [-0.2, -0.15) is 5.26 Å². The first-order valence-electron chi connectivity index (χ1n) is 3.39. The van der Waals surface area contributed by atoms with Crippen molar-refractivity contribution in [2.75, 3.05) is 0 Å². The molecule has 1 N–H and O–H groups in total. The highest BCUT2D eigenvalue weighted by molar-refractivity contribution is 4.98. The molecule has 0 bridgehead atoms. The Hall–Kier alpha value is -0.550. The van der Waals surface area contributed by atoms with E-state index in [1.807, 2.05) is 0 Å². The predicted octanol–water partition coefficient (Wildman–Crippen LogP) is 0.896.